The van der Waals surface area contributed by atoms with Crippen molar-refractivity contribution in [1.82, 2.24) is 20.1 Å². The molecule has 13 heteroatoms. The van der Waals surface area contributed by atoms with Crippen LogP contribution >= 0.6 is 11.3 Å². The predicted octanol–water partition coefficient (Wildman–Crippen LogP) is 0.983. The third-order valence-corrected chi connectivity index (χ3v) is 5.86. The predicted molar refractivity (Wildman–Crippen MR) is 113 cm³/mol. The number of carbonyl (C=O) groups excluding carboxylic acids is 1. The number of carboxylic acid groups (broad SMARTS) is 2. The highest BCUT2D eigenvalue weighted by Gasteiger charge is 2.29. The summed E-state index contributed by atoms with van der Waals surface area (Å²) in [5.41, 5.74) is 0.915. The van der Waals surface area contributed by atoms with Gasteiger partial charge in [-0.05, 0) is 24.5 Å². The van der Waals surface area contributed by atoms with E-state index in [9.17, 15) is 14.4 Å². The van der Waals surface area contributed by atoms with Gasteiger partial charge >= 0.3 is 11.9 Å². The smallest absolute Gasteiger partial charge is 0.322 e. The first-order chi connectivity index (χ1) is 15.3. The molecule has 0 aliphatic carbocycles. The van der Waals surface area contributed by atoms with Crippen molar-refractivity contribution < 1.29 is 34.1 Å². The maximum absolute atomic E-state index is 12.9. The summed E-state index contributed by atoms with van der Waals surface area (Å²) in [4.78, 5) is 40.8. The van der Waals surface area contributed by atoms with E-state index in [0.717, 1.165) is 17.8 Å². The Hall–Kier alpha value is -3.32. The van der Waals surface area contributed by atoms with E-state index in [1.807, 2.05) is 0 Å². The van der Waals surface area contributed by atoms with Crippen LogP contribution in [0.1, 0.15) is 28.9 Å². The van der Waals surface area contributed by atoms with Crippen LogP contribution in [0.25, 0.3) is 10.7 Å². The lowest BCUT2D eigenvalue weighted by molar-refractivity contribution is -0.137. The maximum atomic E-state index is 12.9. The zero-order valence-corrected chi connectivity index (χ0v) is 18.3. The summed E-state index contributed by atoms with van der Waals surface area (Å²) in [6, 6.07) is 1.53. The number of ether oxygens (including phenoxy) is 2. The summed E-state index contributed by atoms with van der Waals surface area (Å²) in [5, 5.41) is 29.7. The molecule has 12 nitrogen and oxygen atoms in total. The summed E-state index contributed by atoms with van der Waals surface area (Å²) in [6.45, 7) is 0.653. The molecule has 0 aromatic carbocycles. The maximum Gasteiger partial charge on any atom is 0.322 e. The van der Waals surface area contributed by atoms with Crippen molar-refractivity contribution >= 4 is 34.2 Å². The molecule has 1 aliphatic rings. The second kappa shape index (κ2) is 10.3. The van der Waals surface area contributed by atoms with Crippen molar-refractivity contribution in [3.63, 3.8) is 0 Å². The van der Waals surface area contributed by atoms with Crippen LogP contribution in [0.15, 0.2) is 6.07 Å². The summed E-state index contributed by atoms with van der Waals surface area (Å²) in [7, 11) is 2.99. The van der Waals surface area contributed by atoms with Gasteiger partial charge in [-0.25, -0.2) is 0 Å². The van der Waals surface area contributed by atoms with Crippen LogP contribution in [-0.2, 0) is 20.7 Å². The highest BCUT2D eigenvalue weighted by atomic mass is 32.1. The SMILES string of the molecule is COc1nc(-c2nnc(C(=O)N3CCC(OC)C3)cc2CCC(=O)O)sc1NCC(=O)O. The van der Waals surface area contributed by atoms with Gasteiger partial charge in [0.15, 0.2) is 10.7 Å². The number of amides is 1. The standard InChI is InChI=1S/C19H23N5O7S/c1-30-11-5-6-24(9-11)19(29)12-7-10(3-4-13(25)26)15(23-22-12)17-21-16(31-2)18(32-17)20-8-14(27)28/h7,11,20H,3-6,8-9H2,1-2H3,(H,25,26)(H,27,28). The number of nitrogens with zero attached hydrogens (tertiary/aromatic N) is 4. The van der Waals surface area contributed by atoms with E-state index in [4.69, 9.17) is 19.7 Å². The molecule has 32 heavy (non-hydrogen) atoms. The molecule has 3 rings (SSSR count). The molecular formula is C19H23N5O7S. The number of hydrogen-bond acceptors (Lipinski definition) is 10. The summed E-state index contributed by atoms with van der Waals surface area (Å²) in [5.74, 6) is -2.17. The molecule has 0 radical (unpaired) electrons. The molecule has 0 bridgehead atoms. The zero-order valence-electron chi connectivity index (χ0n) is 17.5. The molecule has 3 N–H and O–H groups in total. The average molecular weight is 465 g/mol. The van der Waals surface area contributed by atoms with E-state index in [-0.39, 0.29) is 43.0 Å². The van der Waals surface area contributed by atoms with Gasteiger partial charge < -0.3 is 29.9 Å². The minimum absolute atomic E-state index is 0.0304. The number of aromatic nitrogens is 3. The van der Waals surface area contributed by atoms with Crippen LogP contribution in [0.3, 0.4) is 0 Å². The van der Waals surface area contributed by atoms with Gasteiger partial charge in [0.2, 0.25) is 5.88 Å². The number of thiazole rings is 1. The lowest BCUT2D eigenvalue weighted by atomic mass is 10.1. The van der Waals surface area contributed by atoms with Gasteiger partial charge in [-0.3, -0.25) is 14.4 Å². The van der Waals surface area contributed by atoms with Gasteiger partial charge in [-0.1, -0.05) is 11.3 Å². The number of nitrogens with one attached hydrogen (secondary N) is 1. The molecule has 2 aromatic heterocycles. The largest absolute Gasteiger partial charge is 0.481 e. The zero-order chi connectivity index (χ0) is 23.3. The summed E-state index contributed by atoms with van der Waals surface area (Å²) in [6.07, 6.45) is 0.636. The molecular weight excluding hydrogens is 442 g/mol. The molecule has 0 saturated carbocycles. The molecule has 1 atom stereocenters. The van der Waals surface area contributed by atoms with Gasteiger partial charge in [0, 0.05) is 26.6 Å². The van der Waals surface area contributed by atoms with Crippen molar-refractivity contribution in [1.29, 1.82) is 0 Å². The minimum atomic E-state index is -1.05. The third kappa shape index (κ3) is 5.48. The van der Waals surface area contributed by atoms with Gasteiger partial charge in [-0.15, -0.1) is 10.2 Å². The highest BCUT2D eigenvalue weighted by Crippen LogP contribution is 2.37. The van der Waals surface area contributed by atoms with Crippen molar-refractivity contribution in [2.45, 2.75) is 25.4 Å². The van der Waals surface area contributed by atoms with E-state index in [0.29, 0.717) is 34.4 Å². The number of methoxy groups -OCH3 is 2. The number of anilines is 1. The van der Waals surface area contributed by atoms with Crippen LogP contribution in [0.5, 0.6) is 5.88 Å². The lowest BCUT2D eigenvalue weighted by Gasteiger charge is -2.16. The first kappa shape index (κ1) is 23.3. The van der Waals surface area contributed by atoms with Crippen molar-refractivity contribution in [2.75, 3.05) is 39.2 Å². The first-order valence-corrected chi connectivity index (χ1v) is 10.5. The number of hydrogen-bond donors (Lipinski definition) is 3. The highest BCUT2D eigenvalue weighted by molar-refractivity contribution is 7.19. The van der Waals surface area contributed by atoms with E-state index >= 15 is 0 Å². The first-order valence-electron chi connectivity index (χ1n) is 9.73. The molecule has 0 spiro atoms. The van der Waals surface area contributed by atoms with Crippen molar-refractivity contribution in [2.24, 2.45) is 0 Å². The van der Waals surface area contributed by atoms with Crippen LogP contribution in [-0.4, -0.2) is 88.1 Å². The molecule has 2 aromatic rings. The fraction of sp³-hybridized carbons (Fsp3) is 0.474. The van der Waals surface area contributed by atoms with Gasteiger partial charge in [-0.2, -0.15) is 4.98 Å². The van der Waals surface area contributed by atoms with E-state index in [1.165, 1.54) is 13.2 Å². The van der Waals surface area contributed by atoms with Crippen LogP contribution < -0.4 is 10.1 Å². The molecule has 1 saturated heterocycles. The Morgan fingerprint density at radius 3 is 2.66 bits per heavy atom. The van der Waals surface area contributed by atoms with Crippen molar-refractivity contribution in [3.05, 3.63) is 17.3 Å². The average Bonchev–Trinajstić information content (AvgIpc) is 3.42. The summed E-state index contributed by atoms with van der Waals surface area (Å²) < 4.78 is 10.5. The Balaban J connectivity index is 1.92. The van der Waals surface area contributed by atoms with Crippen LogP contribution in [0.2, 0.25) is 0 Å². The van der Waals surface area contributed by atoms with Gasteiger partial charge in [0.25, 0.3) is 5.91 Å². The number of likely N-dealkylation sites (tertiary alicyclic amines) is 1. The van der Waals surface area contributed by atoms with Crippen molar-refractivity contribution in [3.8, 4) is 16.6 Å². The van der Waals surface area contributed by atoms with E-state index < -0.39 is 11.9 Å². The Morgan fingerprint density at radius 2 is 2.03 bits per heavy atom. The molecule has 1 aliphatic heterocycles. The third-order valence-electron chi connectivity index (χ3n) is 4.86. The number of carboxylic acids is 2. The quantitative estimate of drug-likeness (QED) is 0.458. The number of carbonyl (C=O) groups is 3. The Kier molecular flexibility index (Phi) is 7.53. The molecule has 3 heterocycles. The number of aliphatic carboxylic acids is 2. The monoisotopic (exact) mass is 465 g/mol. The number of aryl methyl sites for hydroxylation is 1. The topological polar surface area (TPSA) is 164 Å². The van der Waals surface area contributed by atoms with E-state index in [1.54, 1.807) is 12.0 Å². The fourth-order valence-corrected chi connectivity index (χ4v) is 4.18. The second-order valence-electron chi connectivity index (χ2n) is 7.00. The van der Waals surface area contributed by atoms with Crippen LogP contribution in [0, 0.1) is 0 Å². The fourth-order valence-electron chi connectivity index (χ4n) is 3.23. The molecule has 172 valence electrons. The minimum Gasteiger partial charge on any atom is -0.481 e. The van der Waals surface area contributed by atoms with E-state index in [2.05, 4.69) is 20.5 Å². The molecule has 1 unspecified atom stereocenters. The Bertz CT molecular complexity index is 1010. The van der Waals surface area contributed by atoms with Crippen LogP contribution in [0.4, 0.5) is 5.00 Å². The molecule has 1 fully saturated rings. The number of rotatable bonds is 10. The Morgan fingerprint density at radius 1 is 1.25 bits per heavy atom. The normalized spacial score (nSPS) is 15.6. The summed E-state index contributed by atoms with van der Waals surface area (Å²) >= 11 is 1.10. The van der Waals surface area contributed by atoms with Gasteiger partial charge in [0.1, 0.15) is 17.2 Å². The second-order valence-corrected chi connectivity index (χ2v) is 8.00. The Labute approximate surface area is 187 Å². The molecule has 1 amide bonds. The lowest BCUT2D eigenvalue weighted by Crippen LogP contribution is -2.31. The van der Waals surface area contributed by atoms with Gasteiger partial charge in [0.05, 0.1) is 13.2 Å².